The van der Waals surface area contributed by atoms with Crippen molar-refractivity contribution < 1.29 is 9.53 Å². The molecule has 1 aliphatic heterocycles. The number of rotatable bonds is 5. The standard InChI is InChI=1S/C17H27N3O2/c1-17(2,3)16(21)19-9-7-15-13-20(10-11-22-15)12-14-6-4-5-8-18-14/h4-6,8,15H,7,9-13H2,1-3H3,(H,19,21). The lowest BCUT2D eigenvalue weighted by molar-refractivity contribution is -0.128. The molecule has 1 saturated heterocycles. The highest BCUT2D eigenvalue weighted by Crippen LogP contribution is 2.14. The van der Waals surface area contributed by atoms with E-state index in [0.29, 0.717) is 6.54 Å². The third-order valence-corrected chi connectivity index (χ3v) is 3.77. The minimum absolute atomic E-state index is 0.0913. The maximum atomic E-state index is 11.8. The van der Waals surface area contributed by atoms with Crippen LogP contribution in [0.1, 0.15) is 32.9 Å². The zero-order valence-electron chi connectivity index (χ0n) is 13.8. The van der Waals surface area contributed by atoms with Gasteiger partial charge in [-0.25, -0.2) is 0 Å². The molecule has 1 aromatic rings. The molecule has 0 bridgehead atoms. The lowest BCUT2D eigenvalue weighted by Gasteiger charge is -2.33. The number of carbonyl (C=O) groups excluding carboxylic acids is 1. The number of nitrogens with zero attached hydrogens (tertiary/aromatic N) is 2. The van der Waals surface area contributed by atoms with Gasteiger partial charge in [0.2, 0.25) is 5.91 Å². The second kappa shape index (κ2) is 7.70. The first-order valence-corrected chi connectivity index (χ1v) is 7.97. The van der Waals surface area contributed by atoms with Gasteiger partial charge in [-0.3, -0.25) is 14.7 Å². The second-order valence-electron chi connectivity index (χ2n) is 6.84. The van der Waals surface area contributed by atoms with Crippen LogP contribution in [0.5, 0.6) is 0 Å². The molecule has 1 unspecified atom stereocenters. The van der Waals surface area contributed by atoms with Crippen molar-refractivity contribution in [2.45, 2.75) is 39.8 Å². The molecule has 2 rings (SSSR count). The van der Waals surface area contributed by atoms with E-state index in [9.17, 15) is 4.79 Å². The van der Waals surface area contributed by atoms with E-state index in [-0.39, 0.29) is 17.4 Å². The first kappa shape index (κ1) is 16.9. The fraction of sp³-hybridized carbons (Fsp3) is 0.647. The smallest absolute Gasteiger partial charge is 0.225 e. The first-order valence-electron chi connectivity index (χ1n) is 7.97. The van der Waals surface area contributed by atoms with Crippen LogP contribution in [0.25, 0.3) is 0 Å². The highest BCUT2D eigenvalue weighted by molar-refractivity contribution is 5.81. The molecule has 0 spiro atoms. The van der Waals surface area contributed by atoms with Crippen molar-refractivity contribution in [3.8, 4) is 0 Å². The second-order valence-corrected chi connectivity index (χ2v) is 6.84. The van der Waals surface area contributed by atoms with Gasteiger partial charge in [0.15, 0.2) is 0 Å². The molecule has 1 fully saturated rings. The number of pyridine rings is 1. The molecule has 1 aromatic heterocycles. The first-order chi connectivity index (χ1) is 10.4. The van der Waals surface area contributed by atoms with Crippen LogP contribution in [0.2, 0.25) is 0 Å². The topological polar surface area (TPSA) is 54.5 Å². The van der Waals surface area contributed by atoms with Crippen LogP contribution in [-0.2, 0) is 16.1 Å². The fourth-order valence-corrected chi connectivity index (χ4v) is 2.43. The Kier molecular flexibility index (Phi) is 5.91. The molecule has 1 atom stereocenters. The van der Waals surface area contributed by atoms with Crippen LogP contribution in [0, 0.1) is 5.41 Å². The summed E-state index contributed by atoms with van der Waals surface area (Å²) in [7, 11) is 0. The quantitative estimate of drug-likeness (QED) is 0.902. The summed E-state index contributed by atoms with van der Waals surface area (Å²) in [5.41, 5.74) is 0.752. The molecule has 122 valence electrons. The number of carbonyl (C=O) groups is 1. The number of amides is 1. The Morgan fingerprint density at radius 2 is 2.27 bits per heavy atom. The predicted molar refractivity (Wildman–Crippen MR) is 86.3 cm³/mol. The molecule has 1 N–H and O–H groups in total. The molecular formula is C17H27N3O2. The number of hydrogen-bond acceptors (Lipinski definition) is 4. The molecule has 0 aromatic carbocycles. The Balaban J connectivity index is 1.73. The molecule has 1 amide bonds. The van der Waals surface area contributed by atoms with Crippen molar-refractivity contribution in [1.29, 1.82) is 0 Å². The Morgan fingerprint density at radius 1 is 1.45 bits per heavy atom. The van der Waals surface area contributed by atoms with E-state index >= 15 is 0 Å². The SMILES string of the molecule is CC(C)(C)C(=O)NCCC1CN(Cc2ccccn2)CCO1. The van der Waals surface area contributed by atoms with Crippen LogP contribution in [-0.4, -0.2) is 48.1 Å². The van der Waals surface area contributed by atoms with Crippen molar-refractivity contribution in [2.75, 3.05) is 26.2 Å². The van der Waals surface area contributed by atoms with E-state index in [2.05, 4.69) is 15.2 Å². The molecule has 5 heteroatoms. The van der Waals surface area contributed by atoms with Gasteiger partial charge in [0.05, 0.1) is 18.4 Å². The van der Waals surface area contributed by atoms with Gasteiger partial charge in [0.1, 0.15) is 0 Å². The van der Waals surface area contributed by atoms with E-state index in [1.165, 1.54) is 0 Å². The van der Waals surface area contributed by atoms with E-state index in [1.807, 2.05) is 45.2 Å². The zero-order valence-corrected chi connectivity index (χ0v) is 13.8. The van der Waals surface area contributed by atoms with Gasteiger partial charge in [-0.15, -0.1) is 0 Å². The minimum Gasteiger partial charge on any atom is -0.375 e. The average Bonchev–Trinajstić information content (AvgIpc) is 2.47. The summed E-state index contributed by atoms with van der Waals surface area (Å²) in [6, 6.07) is 6.00. The summed E-state index contributed by atoms with van der Waals surface area (Å²) >= 11 is 0. The van der Waals surface area contributed by atoms with Crippen molar-refractivity contribution >= 4 is 5.91 Å². The monoisotopic (exact) mass is 305 g/mol. The largest absolute Gasteiger partial charge is 0.375 e. The van der Waals surface area contributed by atoms with Crippen molar-refractivity contribution in [1.82, 2.24) is 15.2 Å². The van der Waals surface area contributed by atoms with Gasteiger partial charge in [0.25, 0.3) is 0 Å². The molecule has 5 nitrogen and oxygen atoms in total. The van der Waals surface area contributed by atoms with E-state index in [1.54, 1.807) is 0 Å². The maximum absolute atomic E-state index is 11.8. The molecule has 0 saturated carbocycles. The third-order valence-electron chi connectivity index (χ3n) is 3.77. The normalized spacial score (nSPS) is 19.9. The van der Waals surface area contributed by atoms with Crippen LogP contribution in [0.4, 0.5) is 0 Å². The number of hydrogen-bond donors (Lipinski definition) is 1. The summed E-state index contributed by atoms with van der Waals surface area (Å²) in [4.78, 5) is 18.6. The number of nitrogens with one attached hydrogen (secondary N) is 1. The molecule has 0 aliphatic carbocycles. The van der Waals surface area contributed by atoms with Crippen molar-refractivity contribution in [2.24, 2.45) is 5.41 Å². The average molecular weight is 305 g/mol. The van der Waals surface area contributed by atoms with Crippen LogP contribution >= 0.6 is 0 Å². The fourth-order valence-electron chi connectivity index (χ4n) is 2.43. The van der Waals surface area contributed by atoms with E-state index < -0.39 is 0 Å². The van der Waals surface area contributed by atoms with E-state index in [4.69, 9.17) is 4.74 Å². The van der Waals surface area contributed by atoms with Gasteiger partial charge in [-0.2, -0.15) is 0 Å². The van der Waals surface area contributed by atoms with Crippen LogP contribution < -0.4 is 5.32 Å². The Labute approximate surface area is 133 Å². The summed E-state index contributed by atoms with van der Waals surface area (Å²) in [5.74, 6) is 0.0913. The van der Waals surface area contributed by atoms with Gasteiger partial charge < -0.3 is 10.1 Å². The highest BCUT2D eigenvalue weighted by Gasteiger charge is 2.23. The van der Waals surface area contributed by atoms with E-state index in [0.717, 1.165) is 38.4 Å². The van der Waals surface area contributed by atoms with Crippen LogP contribution in [0.15, 0.2) is 24.4 Å². The maximum Gasteiger partial charge on any atom is 0.225 e. The molecule has 0 radical (unpaired) electrons. The lowest BCUT2D eigenvalue weighted by Crippen LogP contribution is -2.44. The van der Waals surface area contributed by atoms with Crippen molar-refractivity contribution in [3.05, 3.63) is 30.1 Å². The Hall–Kier alpha value is -1.46. The summed E-state index contributed by atoms with van der Waals surface area (Å²) in [6.07, 6.45) is 2.85. The Morgan fingerprint density at radius 3 is 2.95 bits per heavy atom. The predicted octanol–water partition coefficient (Wildman–Crippen LogP) is 1.83. The lowest BCUT2D eigenvalue weighted by atomic mass is 9.95. The summed E-state index contributed by atoms with van der Waals surface area (Å²) < 4.78 is 5.80. The van der Waals surface area contributed by atoms with Crippen LogP contribution in [0.3, 0.4) is 0 Å². The molecule has 2 heterocycles. The van der Waals surface area contributed by atoms with Crippen molar-refractivity contribution in [3.63, 3.8) is 0 Å². The van der Waals surface area contributed by atoms with Gasteiger partial charge in [0, 0.05) is 37.8 Å². The third kappa shape index (κ3) is 5.39. The summed E-state index contributed by atoms with van der Waals surface area (Å²) in [5, 5.41) is 2.98. The number of morpholine rings is 1. The molecule has 1 aliphatic rings. The molecule has 22 heavy (non-hydrogen) atoms. The number of ether oxygens (including phenoxy) is 1. The summed E-state index contributed by atoms with van der Waals surface area (Å²) in [6.45, 7) is 9.86. The Bertz CT molecular complexity index is 471. The minimum atomic E-state index is -0.335. The zero-order chi connectivity index (χ0) is 16.0. The van der Waals surface area contributed by atoms with Gasteiger partial charge in [-0.1, -0.05) is 26.8 Å². The highest BCUT2D eigenvalue weighted by atomic mass is 16.5. The van der Waals surface area contributed by atoms with Gasteiger partial charge in [-0.05, 0) is 18.6 Å². The number of aromatic nitrogens is 1. The molecular weight excluding hydrogens is 278 g/mol. The van der Waals surface area contributed by atoms with Gasteiger partial charge >= 0.3 is 0 Å².